The lowest BCUT2D eigenvalue weighted by atomic mass is 9.89. The Hall–Kier alpha value is -2.62. The first-order valence-corrected chi connectivity index (χ1v) is 7.73. The topological polar surface area (TPSA) is 57.6 Å². The molecule has 0 aromatic heterocycles. The van der Waals surface area contributed by atoms with Crippen LogP contribution >= 0.6 is 0 Å². The van der Waals surface area contributed by atoms with E-state index < -0.39 is 11.9 Å². The Kier molecular flexibility index (Phi) is 4.15. The van der Waals surface area contributed by atoms with E-state index in [0.29, 0.717) is 13.0 Å². The Morgan fingerprint density at radius 1 is 1.04 bits per heavy atom. The molecule has 3 rings (SSSR count). The van der Waals surface area contributed by atoms with E-state index in [-0.39, 0.29) is 11.9 Å². The summed E-state index contributed by atoms with van der Waals surface area (Å²) in [6, 6.07) is 17.7. The van der Waals surface area contributed by atoms with Gasteiger partial charge in [0.1, 0.15) is 5.92 Å². The Balaban J connectivity index is 2.00. The first-order valence-electron chi connectivity index (χ1n) is 7.73. The highest BCUT2D eigenvalue weighted by Crippen LogP contribution is 2.34. The number of fused-ring (bicyclic) bond motifs is 1. The number of rotatable bonds is 3. The molecular weight excluding hydrogens is 290 g/mol. The third-order valence-electron chi connectivity index (χ3n) is 4.46. The summed E-state index contributed by atoms with van der Waals surface area (Å²) in [5.41, 5.74) is 3.34. The van der Waals surface area contributed by atoms with Crippen LogP contribution in [0.1, 0.15) is 29.7 Å². The van der Waals surface area contributed by atoms with Gasteiger partial charge in [-0.2, -0.15) is 0 Å². The number of benzene rings is 2. The van der Waals surface area contributed by atoms with E-state index in [2.05, 4.69) is 6.07 Å². The van der Waals surface area contributed by atoms with Gasteiger partial charge in [-0.15, -0.1) is 0 Å². The maximum absolute atomic E-state index is 12.7. The van der Waals surface area contributed by atoms with Crippen molar-refractivity contribution in [2.45, 2.75) is 25.9 Å². The number of carboxylic acid groups (broad SMARTS) is 1. The summed E-state index contributed by atoms with van der Waals surface area (Å²) >= 11 is 0. The Labute approximate surface area is 135 Å². The summed E-state index contributed by atoms with van der Waals surface area (Å²) in [6.07, 6.45) is 0.707. The number of hydrogen-bond acceptors (Lipinski definition) is 2. The van der Waals surface area contributed by atoms with Gasteiger partial charge < -0.3 is 10.0 Å². The Morgan fingerprint density at radius 2 is 1.65 bits per heavy atom. The standard InChI is InChI=1S/C19H19NO3/c1-13(19(22)23)18(21)20-12-16-10-6-5-9-15(16)11-17(20)14-7-3-2-4-8-14/h2-10,13,17H,11-12H2,1H3,(H,22,23). The summed E-state index contributed by atoms with van der Waals surface area (Å²) in [4.78, 5) is 25.6. The van der Waals surface area contributed by atoms with Crippen molar-refractivity contribution >= 4 is 11.9 Å². The molecule has 0 radical (unpaired) electrons. The minimum atomic E-state index is -1.08. The van der Waals surface area contributed by atoms with Gasteiger partial charge >= 0.3 is 5.97 Å². The fourth-order valence-corrected chi connectivity index (χ4v) is 3.08. The summed E-state index contributed by atoms with van der Waals surface area (Å²) in [5, 5.41) is 9.19. The molecule has 118 valence electrons. The van der Waals surface area contributed by atoms with Crippen molar-refractivity contribution in [3.63, 3.8) is 0 Å². The highest BCUT2D eigenvalue weighted by Gasteiger charge is 2.35. The van der Waals surface area contributed by atoms with Crippen LogP contribution < -0.4 is 0 Å². The van der Waals surface area contributed by atoms with E-state index in [1.165, 1.54) is 12.5 Å². The van der Waals surface area contributed by atoms with Gasteiger partial charge in [0.2, 0.25) is 5.91 Å². The van der Waals surface area contributed by atoms with Crippen LogP contribution in [-0.2, 0) is 22.6 Å². The lowest BCUT2D eigenvalue weighted by Crippen LogP contribution is -2.43. The van der Waals surface area contributed by atoms with Crippen LogP contribution in [0.5, 0.6) is 0 Å². The molecule has 0 bridgehead atoms. The normalized spacial score (nSPS) is 18.1. The Morgan fingerprint density at radius 3 is 2.30 bits per heavy atom. The first-order chi connectivity index (χ1) is 11.1. The molecule has 23 heavy (non-hydrogen) atoms. The van der Waals surface area contributed by atoms with Crippen molar-refractivity contribution in [3.05, 3.63) is 71.3 Å². The van der Waals surface area contributed by atoms with E-state index in [1.54, 1.807) is 4.90 Å². The van der Waals surface area contributed by atoms with Gasteiger partial charge in [-0.25, -0.2) is 0 Å². The quantitative estimate of drug-likeness (QED) is 0.887. The van der Waals surface area contributed by atoms with Crippen LogP contribution in [0.15, 0.2) is 54.6 Å². The molecule has 0 fully saturated rings. The van der Waals surface area contributed by atoms with Crippen LogP contribution in [-0.4, -0.2) is 21.9 Å². The van der Waals surface area contributed by atoms with Crippen LogP contribution in [0.2, 0.25) is 0 Å². The summed E-state index contributed by atoms with van der Waals surface area (Å²) in [5.74, 6) is -2.45. The summed E-state index contributed by atoms with van der Waals surface area (Å²) in [7, 11) is 0. The molecule has 0 saturated heterocycles. The molecule has 2 atom stereocenters. The second-order valence-corrected chi connectivity index (χ2v) is 5.93. The second-order valence-electron chi connectivity index (χ2n) is 5.93. The highest BCUT2D eigenvalue weighted by molar-refractivity contribution is 5.96. The molecule has 0 spiro atoms. The Bertz CT molecular complexity index is 726. The zero-order valence-electron chi connectivity index (χ0n) is 13.0. The molecule has 1 N–H and O–H groups in total. The first kappa shape index (κ1) is 15.3. The largest absolute Gasteiger partial charge is 0.481 e. The molecule has 2 aromatic carbocycles. The minimum Gasteiger partial charge on any atom is -0.481 e. The minimum absolute atomic E-state index is 0.125. The maximum atomic E-state index is 12.7. The number of carboxylic acids is 1. The average molecular weight is 309 g/mol. The van der Waals surface area contributed by atoms with E-state index in [0.717, 1.165) is 11.1 Å². The summed E-state index contributed by atoms with van der Waals surface area (Å²) < 4.78 is 0. The zero-order valence-corrected chi connectivity index (χ0v) is 13.0. The zero-order chi connectivity index (χ0) is 16.4. The monoisotopic (exact) mass is 309 g/mol. The number of nitrogens with zero attached hydrogens (tertiary/aromatic N) is 1. The molecule has 1 heterocycles. The van der Waals surface area contributed by atoms with Crippen molar-refractivity contribution in [3.8, 4) is 0 Å². The smallest absolute Gasteiger partial charge is 0.315 e. The number of amides is 1. The lowest BCUT2D eigenvalue weighted by Gasteiger charge is -2.38. The van der Waals surface area contributed by atoms with Crippen molar-refractivity contribution in [1.82, 2.24) is 4.90 Å². The summed E-state index contributed by atoms with van der Waals surface area (Å²) in [6.45, 7) is 1.90. The predicted molar refractivity (Wildman–Crippen MR) is 86.7 cm³/mol. The van der Waals surface area contributed by atoms with Gasteiger partial charge in [-0.1, -0.05) is 54.6 Å². The van der Waals surface area contributed by atoms with Gasteiger partial charge in [-0.3, -0.25) is 9.59 Å². The fourth-order valence-electron chi connectivity index (χ4n) is 3.08. The molecule has 1 aliphatic rings. The molecule has 4 heteroatoms. The second kappa shape index (κ2) is 6.24. The van der Waals surface area contributed by atoms with Crippen molar-refractivity contribution < 1.29 is 14.7 Å². The molecular formula is C19H19NO3. The van der Waals surface area contributed by atoms with Gasteiger partial charge in [0.05, 0.1) is 6.04 Å². The third kappa shape index (κ3) is 2.97. The molecule has 1 amide bonds. The highest BCUT2D eigenvalue weighted by atomic mass is 16.4. The van der Waals surface area contributed by atoms with Gasteiger partial charge in [0, 0.05) is 6.54 Å². The molecule has 1 aliphatic heterocycles. The van der Waals surface area contributed by atoms with E-state index in [1.807, 2.05) is 48.5 Å². The number of carbonyl (C=O) groups is 2. The lowest BCUT2D eigenvalue weighted by molar-refractivity contribution is -0.152. The third-order valence-corrected chi connectivity index (χ3v) is 4.46. The fraction of sp³-hybridized carbons (Fsp3) is 0.263. The predicted octanol–water partition coefficient (Wildman–Crippen LogP) is 3.03. The molecule has 2 aromatic rings. The average Bonchev–Trinajstić information content (AvgIpc) is 2.60. The van der Waals surface area contributed by atoms with E-state index in [9.17, 15) is 14.7 Å². The molecule has 4 nitrogen and oxygen atoms in total. The maximum Gasteiger partial charge on any atom is 0.315 e. The van der Waals surface area contributed by atoms with Crippen LogP contribution in [0.25, 0.3) is 0 Å². The van der Waals surface area contributed by atoms with E-state index >= 15 is 0 Å². The van der Waals surface area contributed by atoms with Gasteiger partial charge in [0.25, 0.3) is 0 Å². The van der Waals surface area contributed by atoms with E-state index in [4.69, 9.17) is 0 Å². The van der Waals surface area contributed by atoms with Gasteiger partial charge in [0.15, 0.2) is 0 Å². The van der Waals surface area contributed by atoms with Gasteiger partial charge in [-0.05, 0) is 30.0 Å². The SMILES string of the molecule is CC(C(=O)O)C(=O)N1Cc2ccccc2CC1c1ccccc1. The number of carbonyl (C=O) groups excluding carboxylic acids is 1. The molecule has 0 aliphatic carbocycles. The molecule has 2 unspecified atom stereocenters. The molecule has 0 saturated carbocycles. The van der Waals surface area contributed by atoms with Crippen molar-refractivity contribution in [2.75, 3.05) is 0 Å². The number of aliphatic carboxylic acids is 1. The van der Waals surface area contributed by atoms with Crippen LogP contribution in [0.4, 0.5) is 0 Å². The number of hydrogen-bond donors (Lipinski definition) is 1. The van der Waals surface area contributed by atoms with Crippen LogP contribution in [0.3, 0.4) is 0 Å². The van der Waals surface area contributed by atoms with Crippen LogP contribution in [0, 0.1) is 5.92 Å². The van der Waals surface area contributed by atoms with Crippen molar-refractivity contribution in [2.24, 2.45) is 5.92 Å². The van der Waals surface area contributed by atoms with Crippen molar-refractivity contribution in [1.29, 1.82) is 0 Å².